The molecule has 2 aromatic heterocycles. The van der Waals surface area contributed by atoms with Crippen LogP contribution in [0.2, 0.25) is 0 Å². The van der Waals surface area contributed by atoms with Crippen LogP contribution in [-0.4, -0.2) is 18.1 Å². The number of fused-ring (bicyclic) bond motifs is 1. The van der Waals surface area contributed by atoms with Crippen molar-refractivity contribution in [3.63, 3.8) is 0 Å². The van der Waals surface area contributed by atoms with Gasteiger partial charge in [0.15, 0.2) is 5.13 Å². The Balaban J connectivity index is 1.44. The number of carbonyl (C=O) groups excluding carboxylic acids is 1. The molecule has 0 saturated carbocycles. The van der Waals surface area contributed by atoms with Gasteiger partial charge in [-0.2, -0.15) is 0 Å². The highest BCUT2D eigenvalue weighted by Gasteiger charge is 2.22. The molecule has 29 heavy (non-hydrogen) atoms. The zero-order chi connectivity index (χ0) is 20.2. The Kier molecular flexibility index (Phi) is 5.59. The number of aryl methyl sites for hydroxylation is 1. The smallest absolute Gasteiger partial charge is 0.375 e. The Morgan fingerprint density at radius 3 is 2.72 bits per heavy atom. The number of aromatic nitrogens is 1. The van der Waals surface area contributed by atoms with Gasteiger partial charge in [-0.15, -0.1) is 11.3 Å². The van der Waals surface area contributed by atoms with E-state index in [-0.39, 0.29) is 19.0 Å². The van der Waals surface area contributed by atoms with Crippen molar-refractivity contribution in [2.45, 2.75) is 20.1 Å². The van der Waals surface area contributed by atoms with E-state index in [0.29, 0.717) is 16.8 Å². The number of hydrogen-bond donors (Lipinski definition) is 1. The average Bonchev–Trinajstić information content (AvgIpc) is 3.33. The van der Waals surface area contributed by atoms with Crippen LogP contribution in [0.25, 0.3) is 11.0 Å². The predicted octanol–water partition coefficient (Wildman–Crippen LogP) is 5.44. The molecule has 6 nitrogen and oxygen atoms in total. The van der Waals surface area contributed by atoms with Crippen molar-refractivity contribution in [3.05, 3.63) is 76.5 Å². The standard InChI is InChI=1S/C22H20N2O4S/c1-14-7-9-15(10-8-14)23-22-24-16(13-29-22)11-27-21(25)20-18(12-26-2)17-5-3-4-6-19(17)28-20/h3-10,13H,11-12H2,1-2H3,(H,23,24). The number of carbonyl (C=O) groups is 1. The Labute approximate surface area is 172 Å². The number of esters is 1. The first-order chi connectivity index (χ1) is 14.1. The first-order valence-corrected chi connectivity index (χ1v) is 9.96. The number of anilines is 2. The molecule has 0 amide bonds. The normalized spacial score (nSPS) is 11.0. The number of hydrogen-bond acceptors (Lipinski definition) is 7. The highest BCUT2D eigenvalue weighted by atomic mass is 32.1. The molecule has 0 aliphatic heterocycles. The summed E-state index contributed by atoms with van der Waals surface area (Å²) in [6.07, 6.45) is 0. The van der Waals surface area contributed by atoms with Crippen molar-refractivity contribution < 1.29 is 18.7 Å². The Hall–Kier alpha value is -3.16. The van der Waals surface area contributed by atoms with Crippen molar-refractivity contribution in [1.82, 2.24) is 4.98 Å². The molecule has 0 fully saturated rings. The van der Waals surface area contributed by atoms with Crippen LogP contribution < -0.4 is 5.32 Å². The molecule has 0 radical (unpaired) electrons. The van der Waals surface area contributed by atoms with Gasteiger partial charge >= 0.3 is 5.97 Å². The second-order valence-corrected chi connectivity index (χ2v) is 7.41. The minimum atomic E-state index is -0.533. The van der Waals surface area contributed by atoms with Crippen molar-refractivity contribution in [2.75, 3.05) is 12.4 Å². The van der Waals surface area contributed by atoms with E-state index < -0.39 is 5.97 Å². The average molecular weight is 408 g/mol. The van der Waals surface area contributed by atoms with E-state index in [1.54, 1.807) is 7.11 Å². The molecule has 4 rings (SSSR count). The molecule has 4 aromatic rings. The van der Waals surface area contributed by atoms with Crippen LogP contribution in [0.15, 0.2) is 58.3 Å². The van der Waals surface area contributed by atoms with E-state index in [0.717, 1.165) is 16.2 Å². The van der Waals surface area contributed by atoms with Gasteiger partial charge in [-0.1, -0.05) is 35.9 Å². The molecule has 0 atom stereocenters. The maximum atomic E-state index is 12.6. The van der Waals surface area contributed by atoms with Crippen molar-refractivity contribution in [3.8, 4) is 0 Å². The number of ether oxygens (including phenoxy) is 2. The fourth-order valence-electron chi connectivity index (χ4n) is 2.95. The summed E-state index contributed by atoms with van der Waals surface area (Å²) in [6, 6.07) is 15.5. The number of rotatable bonds is 7. The lowest BCUT2D eigenvalue weighted by molar-refractivity contribution is 0.0428. The lowest BCUT2D eigenvalue weighted by atomic mass is 10.1. The molecule has 7 heteroatoms. The SMILES string of the molecule is COCc1c(C(=O)OCc2csc(Nc3ccc(C)cc3)n2)oc2ccccc12. The van der Waals surface area contributed by atoms with Crippen LogP contribution in [-0.2, 0) is 22.7 Å². The molecule has 0 unspecified atom stereocenters. The summed E-state index contributed by atoms with van der Waals surface area (Å²) in [5, 5.41) is 6.69. The number of methoxy groups -OCH3 is 1. The largest absolute Gasteiger partial charge is 0.453 e. The summed E-state index contributed by atoms with van der Waals surface area (Å²) in [5.41, 5.74) is 4.14. The first-order valence-electron chi connectivity index (χ1n) is 9.08. The second-order valence-electron chi connectivity index (χ2n) is 6.55. The molecular weight excluding hydrogens is 388 g/mol. The van der Waals surface area contributed by atoms with Gasteiger partial charge in [0.25, 0.3) is 0 Å². The number of furan rings is 1. The molecule has 0 saturated heterocycles. The summed E-state index contributed by atoms with van der Waals surface area (Å²) >= 11 is 1.45. The Morgan fingerprint density at radius 2 is 1.93 bits per heavy atom. The van der Waals surface area contributed by atoms with Crippen LogP contribution >= 0.6 is 11.3 Å². The van der Waals surface area contributed by atoms with E-state index in [1.165, 1.54) is 16.9 Å². The van der Waals surface area contributed by atoms with Crippen LogP contribution in [0, 0.1) is 6.92 Å². The quantitative estimate of drug-likeness (QED) is 0.410. The predicted molar refractivity (Wildman–Crippen MR) is 113 cm³/mol. The van der Waals surface area contributed by atoms with Gasteiger partial charge in [0, 0.05) is 29.1 Å². The van der Waals surface area contributed by atoms with E-state index in [1.807, 2.05) is 60.8 Å². The molecule has 2 aromatic carbocycles. The first kappa shape index (κ1) is 19.2. The van der Waals surface area contributed by atoms with Crippen molar-refractivity contribution >= 4 is 39.1 Å². The van der Waals surface area contributed by atoms with E-state index >= 15 is 0 Å². The molecule has 148 valence electrons. The lowest BCUT2D eigenvalue weighted by Gasteiger charge is -2.04. The number of para-hydroxylation sites is 1. The van der Waals surface area contributed by atoms with Gasteiger partial charge in [-0.25, -0.2) is 9.78 Å². The monoisotopic (exact) mass is 408 g/mol. The van der Waals surface area contributed by atoms with E-state index in [9.17, 15) is 4.79 Å². The molecule has 0 aliphatic carbocycles. The van der Waals surface area contributed by atoms with E-state index in [2.05, 4.69) is 10.3 Å². The van der Waals surface area contributed by atoms with Gasteiger partial charge in [0.05, 0.1) is 12.3 Å². The van der Waals surface area contributed by atoms with Crippen LogP contribution in [0.1, 0.15) is 27.4 Å². The van der Waals surface area contributed by atoms with Crippen LogP contribution in [0.4, 0.5) is 10.8 Å². The third-order valence-corrected chi connectivity index (χ3v) is 5.18. The maximum absolute atomic E-state index is 12.6. The topological polar surface area (TPSA) is 73.6 Å². The Morgan fingerprint density at radius 1 is 1.14 bits per heavy atom. The highest BCUT2D eigenvalue weighted by molar-refractivity contribution is 7.13. The molecule has 0 spiro atoms. The molecular formula is C22H20N2O4S. The van der Waals surface area contributed by atoms with Gasteiger partial charge in [-0.05, 0) is 25.1 Å². The van der Waals surface area contributed by atoms with E-state index in [4.69, 9.17) is 13.9 Å². The lowest BCUT2D eigenvalue weighted by Crippen LogP contribution is -2.07. The maximum Gasteiger partial charge on any atom is 0.375 e. The zero-order valence-electron chi connectivity index (χ0n) is 16.1. The van der Waals surface area contributed by atoms with Crippen LogP contribution in [0.3, 0.4) is 0 Å². The summed E-state index contributed by atoms with van der Waals surface area (Å²) in [7, 11) is 1.58. The fraction of sp³-hybridized carbons (Fsp3) is 0.182. The summed E-state index contributed by atoms with van der Waals surface area (Å²) in [4.78, 5) is 17.1. The van der Waals surface area contributed by atoms with Gasteiger partial charge < -0.3 is 19.2 Å². The summed E-state index contributed by atoms with van der Waals surface area (Å²) in [5.74, 6) is -0.365. The third-order valence-electron chi connectivity index (χ3n) is 4.38. The van der Waals surface area contributed by atoms with Gasteiger partial charge in [0.2, 0.25) is 5.76 Å². The number of thiazole rings is 1. The summed E-state index contributed by atoms with van der Waals surface area (Å²) < 4.78 is 16.4. The second kappa shape index (κ2) is 8.46. The Bertz CT molecular complexity index is 1130. The highest BCUT2D eigenvalue weighted by Crippen LogP contribution is 2.28. The number of nitrogens with zero attached hydrogens (tertiary/aromatic N) is 1. The number of benzene rings is 2. The zero-order valence-corrected chi connectivity index (χ0v) is 16.9. The fourth-order valence-corrected chi connectivity index (χ4v) is 3.66. The number of nitrogens with one attached hydrogen (secondary N) is 1. The third kappa shape index (κ3) is 4.31. The molecule has 2 heterocycles. The minimum absolute atomic E-state index is 0.0639. The molecule has 1 N–H and O–H groups in total. The van der Waals surface area contributed by atoms with Crippen molar-refractivity contribution in [2.24, 2.45) is 0 Å². The van der Waals surface area contributed by atoms with Gasteiger partial charge in [-0.3, -0.25) is 0 Å². The molecule has 0 aliphatic rings. The van der Waals surface area contributed by atoms with Crippen molar-refractivity contribution in [1.29, 1.82) is 0 Å². The summed E-state index contributed by atoms with van der Waals surface area (Å²) in [6.45, 7) is 2.37. The van der Waals surface area contributed by atoms with Gasteiger partial charge in [0.1, 0.15) is 12.2 Å². The minimum Gasteiger partial charge on any atom is -0.453 e. The van der Waals surface area contributed by atoms with Crippen LogP contribution in [0.5, 0.6) is 0 Å². The molecule has 0 bridgehead atoms.